The van der Waals surface area contributed by atoms with Crippen LogP contribution < -0.4 is 0 Å². The Kier molecular flexibility index (Phi) is 3.95. The summed E-state index contributed by atoms with van der Waals surface area (Å²) in [5.41, 5.74) is 0.425. The summed E-state index contributed by atoms with van der Waals surface area (Å²) in [7, 11) is 2.20. The van der Waals surface area contributed by atoms with Gasteiger partial charge in [-0.15, -0.1) is 0 Å². The van der Waals surface area contributed by atoms with Crippen molar-refractivity contribution in [1.29, 1.82) is 0 Å². The van der Waals surface area contributed by atoms with Crippen LogP contribution in [0.25, 0.3) is 0 Å². The third-order valence-corrected chi connectivity index (χ3v) is 2.92. The molecule has 0 bridgehead atoms. The number of hydrogen-bond acceptors (Lipinski definition) is 1. The zero-order valence-electron chi connectivity index (χ0n) is 8.07. The topological polar surface area (TPSA) is 3.24 Å². The van der Waals surface area contributed by atoms with Gasteiger partial charge in [-0.2, -0.15) is 0 Å². The van der Waals surface area contributed by atoms with Crippen LogP contribution in [0.15, 0.2) is 0 Å². The normalized spacial score (nSPS) is 12.6. The van der Waals surface area contributed by atoms with Gasteiger partial charge in [-0.25, -0.2) is 0 Å². The zero-order valence-corrected chi connectivity index (χ0v) is 8.07. The Labute approximate surface area is 65.4 Å². The van der Waals surface area contributed by atoms with Crippen molar-refractivity contribution < 1.29 is 0 Å². The van der Waals surface area contributed by atoms with Crippen LogP contribution in [0.4, 0.5) is 0 Å². The van der Waals surface area contributed by atoms with Crippen molar-refractivity contribution >= 4 is 0 Å². The second-order valence-corrected chi connectivity index (χ2v) is 3.22. The van der Waals surface area contributed by atoms with E-state index in [4.69, 9.17) is 0 Å². The maximum absolute atomic E-state index is 2.42. The largest absolute Gasteiger partial charge is 0.301 e. The van der Waals surface area contributed by atoms with Crippen molar-refractivity contribution in [1.82, 2.24) is 4.90 Å². The van der Waals surface area contributed by atoms with Gasteiger partial charge in [0, 0.05) is 5.54 Å². The first kappa shape index (κ1) is 9.96. The summed E-state index contributed by atoms with van der Waals surface area (Å²) in [5, 5.41) is 0. The minimum Gasteiger partial charge on any atom is -0.301 e. The molecule has 1 nitrogen and oxygen atoms in total. The predicted molar refractivity (Wildman–Crippen MR) is 47.3 cm³/mol. The molecule has 0 radical (unpaired) electrons. The second-order valence-electron chi connectivity index (χ2n) is 3.22. The number of rotatable bonds is 4. The van der Waals surface area contributed by atoms with Crippen LogP contribution >= 0.6 is 0 Å². The molecule has 0 unspecified atom stereocenters. The van der Waals surface area contributed by atoms with Crippen LogP contribution in [0.5, 0.6) is 0 Å². The van der Waals surface area contributed by atoms with Crippen molar-refractivity contribution in [3.63, 3.8) is 0 Å². The van der Waals surface area contributed by atoms with E-state index in [0.717, 1.165) is 6.54 Å². The molecule has 0 atom stereocenters. The summed E-state index contributed by atoms with van der Waals surface area (Å²) in [6, 6.07) is 0. The summed E-state index contributed by atoms with van der Waals surface area (Å²) in [4.78, 5) is 2.42. The molecule has 0 aliphatic heterocycles. The third kappa shape index (κ3) is 1.98. The van der Waals surface area contributed by atoms with E-state index in [1.807, 2.05) is 0 Å². The van der Waals surface area contributed by atoms with Gasteiger partial charge < -0.3 is 4.90 Å². The Balaban J connectivity index is 4.02. The lowest BCUT2D eigenvalue weighted by atomic mass is 9.94. The Morgan fingerprint density at radius 2 is 1.50 bits per heavy atom. The van der Waals surface area contributed by atoms with E-state index in [2.05, 4.69) is 39.6 Å². The van der Waals surface area contributed by atoms with Crippen molar-refractivity contribution in [3.8, 4) is 0 Å². The van der Waals surface area contributed by atoms with Crippen LogP contribution in [0.1, 0.15) is 40.5 Å². The van der Waals surface area contributed by atoms with Crippen LogP contribution in [-0.2, 0) is 0 Å². The fourth-order valence-corrected chi connectivity index (χ4v) is 1.17. The molecule has 0 amide bonds. The van der Waals surface area contributed by atoms with Crippen LogP contribution in [0.3, 0.4) is 0 Å². The van der Waals surface area contributed by atoms with Crippen molar-refractivity contribution in [2.45, 2.75) is 46.1 Å². The molecule has 0 aromatic rings. The zero-order chi connectivity index (χ0) is 8.20. The van der Waals surface area contributed by atoms with Crippen molar-refractivity contribution in [2.24, 2.45) is 0 Å². The highest BCUT2D eigenvalue weighted by Crippen LogP contribution is 2.20. The van der Waals surface area contributed by atoms with Gasteiger partial charge in [-0.1, -0.05) is 20.8 Å². The van der Waals surface area contributed by atoms with E-state index in [0.29, 0.717) is 5.54 Å². The monoisotopic (exact) mass is 143 g/mol. The molecule has 0 fully saturated rings. The summed E-state index contributed by atoms with van der Waals surface area (Å²) in [6.07, 6.45) is 2.49. The fourth-order valence-electron chi connectivity index (χ4n) is 1.17. The minimum atomic E-state index is 0.425. The van der Waals surface area contributed by atoms with E-state index >= 15 is 0 Å². The molecule has 0 heterocycles. The highest BCUT2D eigenvalue weighted by molar-refractivity contribution is 4.80. The predicted octanol–water partition coefficient (Wildman–Crippen LogP) is 2.52. The van der Waals surface area contributed by atoms with Crippen LogP contribution in [-0.4, -0.2) is 24.0 Å². The summed E-state index contributed by atoms with van der Waals surface area (Å²) < 4.78 is 0. The summed E-state index contributed by atoms with van der Waals surface area (Å²) in [6.45, 7) is 10.2. The van der Waals surface area contributed by atoms with Crippen LogP contribution in [0.2, 0.25) is 0 Å². The molecular formula is C9H21N. The van der Waals surface area contributed by atoms with E-state index in [9.17, 15) is 0 Å². The highest BCUT2D eigenvalue weighted by Gasteiger charge is 2.22. The van der Waals surface area contributed by atoms with Gasteiger partial charge in [0.25, 0.3) is 0 Å². The quantitative estimate of drug-likeness (QED) is 0.584. The van der Waals surface area contributed by atoms with Crippen molar-refractivity contribution in [3.05, 3.63) is 0 Å². The first-order valence-electron chi connectivity index (χ1n) is 4.32. The second kappa shape index (κ2) is 3.97. The minimum absolute atomic E-state index is 0.425. The van der Waals surface area contributed by atoms with Gasteiger partial charge in [-0.05, 0) is 33.4 Å². The SMILES string of the molecule is CCN(C)C(C)(CC)CC. The average Bonchev–Trinajstić information content (AvgIpc) is 2.01. The molecule has 62 valence electrons. The Morgan fingerprint density at radius 1 is 1.10 bits per heavy atom. The third-order valence-electron chi connectivity index (χ3n) is 2.92. The Bertz CT molecular complexity index is 84.7. The van der Waals surface area contributed by atoms with E-state index in [1.165, 1.54) is 12.8 Å². The molecule has 0 spiro atoms. The maximum atomic E-state index is 2.42. The number of nitrogens with zero attached hydrogens (tertiary/aromatic N) is 1. The lowest BCUT2D eigenvalue weighted by Crippen LogP contribution is -2.42. The van der Waals surface area contributed by atoms with Gasteiger partial charge in [0.15, 0.2) is 0 Å². The number of hydrogen-bond donors (Lipinski definition) is 0. The Morgan fingerprint density at radius 3 is 1.60 bits per heavy atom. The standard InChI is InChI=1S/C9H21N/c1-6-9(4,7-2)10(5)8-3/h6-8H2,1-5H3. The van der Waals surface area contributed by atoms with E-state index in [1.54, 1.807) is 0 Å². The smallest absolute Gasteiger partial charge is 0.0173 e. The molecule has 0 rings (SSSR count). The lowest BCUT2D eigenvalue weighted by Gasteiger charge is -2.36. The molecule has 0 saturated heterocycles. The van der Waals surface area contributed by atoms with Gasteiger partial charge in [0.1, 0.15) is 0 Å². The molecule has 0 N–H and O–H groups in total. The van der Waals surface area contributed by atoms with Gasteiger partial charge in [-0.3, -0.25) is 0 Å². The summed E-state index contributed by atoms with van der Waals surface area (Å²) >= 11 is 0. The first-order valence-corrected chi connectivity index (χ1v) is 4.32. The Hall–Kier alpha value is -0.0400. The molecule has 0 aliphatic carbocycles. The van der Waals surface area contributed by atoms with Crippen LogP contribution in [0, 0.1) is 0 Å². The van der Waals surface area contributed by atoms with Gasteiger partial charge >= 0.3 is 0 Å². The van der Waals surface area contributed by atoms with Crippen molar-refractivity contribution in [2.75, 3.05) is 13.6 Å². The van der Waals surface area contributed by atoms with Gasteiger partial charge in [0.2, 0.25) is 0 Å². The lowest BCUT2D eigenvalue weighted by molar-refractivity contribution is 0.134. The molecule has 0 aromatic heterocycles. The fraction of sp³-hybridized carbons (Fsp3) is 1.00. The first-order chi connectivity index (χ1) is 4.60. The molecule has 0 aliphatic rings. The maximum Gasteiger partial charge on any atom is 0.0173 e. The highest BCUT2D eigenvalue weighted by atomic mass is 15.2. The molecule has 0 aromatic carbocycles. The molecular weight excluding hydrogens is 122 g/mol. The molecule has 1 heteroatoms. The average molecular weight is 143 g/mol. The molecule has 10 heavy (non-hydrogen) atoms. The summed E-state index contributed by atoms with van der Waals surface area (Å²) in [5.74, 6) is 0. The van der Waals surface area contributed by atoms with Gasteiger partial charge in [0.05, 0.1) is 0 Å². The van der Waals surface area contributed by atoms with E-state index in [-0.39, 0.29) is 0 Å². The van der Waals surface area contributed by atoms with E-state index < -0.39 is 0 Å². The molecule has 0 saturated carbocycles.